The van der Waals surface area contributed by atoms with Crippen LogP contribution >= 0.6 is 0 Å². The van der Waals surface area contributed by atoms with Gasteiger partial charge in [-0.3, -0.25) is 0 Å². The van der Waals surface area contributed by atoms with Gasteiger partial charge in [-0.15, -0.1) is 0 Å². The molecule has 0 spiro atoms. The van der Waals surface area contributed by atoms with Crippen molar-refractivity contribution in [3.8, 4) is 0 Å². The molecule has 0 saturated carbocycles. The third kappa shape index (κ3) is 13.6. The molecule has 0 N–H and O–H groups in total. The molecule has 0 bridgehead atoms. The third-order valence-electron chi connectivity index (χ3n) is 0.988. The molecule has 4 nitrogen and oxygen atoms in total. The van der Waals surface area contributed by atoms with Gasteiger partial charge >= 0.3 is 5.97 Å². The average molecular weight is 187 g/mol. The lowest BCUT2D eigenvalue weighted by Crippen LogP contribution is -2.20. The number of carbonyl (C=O) groups excluding carboxylic acids is 2. The predicted molar refractivity (Wildman–Crippen MR) is 46.7 cm³/mol. The van der Waals surface area contributed by atoms with E-state index in [0.717, 1.165) is 0 Å². The van der Waals surface area contributed by atoms with E-state index < -0.39 is 5.97 Å². The number of carboxylic acids is 1. The number of hydrogen-bond acceptors (Lipinski definition) is 4. The molecule has 13 heavy (non-hydrogen) atoms. The monoisotopic (exact) mass is 187 g/mol. The summed E-state index contributed by atoms with van der Waals surface area (Å²) in [5.74, 6) is -1.31. The Labute approximate surface area is 78.2 Å². The Balaban J connectivity index is 0. The van der Waals surface area contributed by atoms with Crippen LogP contribution in [0, 0.1) is 0 Å². The number of carboxylic acid groups (broad SMARTS) is 1. The minimum absolute atomic E-state index is 0.181. The lowest BCUT2D eigenvalue weighted by Gasteiger charge is -1.92. The van der Waals surface area contributed by atoms with Crippen molar-refractivity contribution in [3.63, 3.8) is 0 Å². The Bertz CT molecular complexity index is 184. The summed E-state index contributed by atoms with van der Waals surface area (Å²) in [5.41, 5.74) is 0.433. The van der Waals surface area contributed by atoms with Crippen LogP contribution in [-0.2, 0) is 14.3 Å². The van der Waals surface area contributed by atoms with Gasteiger partial charge in [-0.05, 0) is 13.3 Å². The molecule has 4 heteroatoms. The molecule has 0 fully saturated rings. The highest BCUT2D eigenvalue weighted by molar-refractivity contribution is 5.86. The molecule has 76 valence electrons. The van der Waals surface area contributed by atoms with E-state index in [9.17, 15) is 14.7 Å². The van der Waals surface area contributed by atoms with Gasteiger partial charge in [0.2, 0.25) is 0 Å². The molecule has 0 rings (SSSR count). The number of esters is 1. The first-order chi connectivity index (χ1) is 5.95. The van der Waals surface area contributed by atoms with Crippen LogP contribution in [0.3, 0.4) is 0 Å². The predicted octanol–water partition coefficient (Wildman–Crippen LogP) is 0.272. The quantitative estimate of drug-likeness (QED) is 0.470. The number of carbonyl (C=O) groups is 2. The van der Waals surface area contributed by atoms with Crippen molar-refractivity contribution in [3.05, 3.63) is 12.2 Å². The summed E-state index contributed by atoms with van der Waals surface area (Å²) in [7, 11) is 1.33. The summed E-state index contributed by atoms with van der Waals surface area (Å²) in [6.07, 6.45) is 0.850. The maximum atomic E-state index is 10.2. The molecule has 0 atom stereocenters. The summed E-state index contributed by atoms with van der Waals surface area (Å²) < 4.78 is 4.27. The van der Waals surface area contributed by atoms with Crippen molar-refractivity contribution in [2.24, 2.45) is 0 Å². The Kier molecular flexibility index (Phi) is 9.60. The van der Waals surface area contributed by atoms with E-state index in [1.807, 2.05) is 0 Å². The molecule has 0 aromatic heterocycles. The second kappa shape index (κ2) is 8.77. The van der Waals surface area contributed by atoms with E-state index in [1.54, 1.807) is 13.8 Å². The van der Waals surface area contributed by atoms with E-state index in [-0.39, 0.29) is 12.4 Å². The maximum absolute atomic E-state index is 10.2. The van der Waals surface area contributed by atoms with Crippen LogP contribution in [0.2, 0.25) is 0 Å². The number of aliphatic carboxylic acids is 1. The zero-order valence-electron chi connectivity index (χ0n) is 8.25. The fourth-order valence-corrected chi connectivity index (χ4v) is 0.378. The highest BCUT2D eigenvalue weighted by Gasteiger charge is 1.95. The van der Waals surface area contributed by atoms with Gasteiger partial charge in [0.1, 0.15) is 0 Å². The van der Waals surface area contributed by atoms with Crippen molar-refractivity contribution in [1.82, 2.24) is 0 Å². The molecule has 0 aliphatic carbocycles. The summed E-state index contributed by atoms with van der Waals surface area (Å²) >= 11 is 0. The van der Waals surface area contributed by atoms with Crippen molar-refractivity contribution >= 4 is 11.9 Å². The van der Waals surface area contributed by atoms with Gasteiger partial charge in [-0.2, -0.15) is 0 Å². The second-order valence-electron chi connectivity index (χ2n) is 2.39. The van der Waals surface area contributed by atoms with Crippen LogP contribution in [0.5, 0.6) is 0 Å². The van der Waals surface area contributed by atoms with E-state index in [2.05, 4.69) is 11.3 Å². The largest absolute Gasteiger partial charge is 0.550 e. The van der Waals surface area contributed by atoms with E-state index >= 15 is 0 Å². The minimum Gasteiger partial charge on any atom is -0.550 e. The lowest BCUT2D eigenvalue weighted by atomic mass is 10.4. The first-order valence-electron chi connectivity index (χ1n) is 3.89. The van der Waals surface area contributed by atoms with Gasteiger partial charge in [0.15, 0.2) is 0 Å². The van der Waals surface area contributed by atoms with Gasteiger partial charge in [0.25, 0.3) is 0 Å². The van der Waals surface area contributed by atoms with Crippen LogP contribution in [-0.4, -0.2) is 19.0 Å². The number of rotatable bonds is 3. The highest BCUT2D eigenvalue weighted by Crippen LogP contribution is 1.87. The average Bonchev–Trinajstić information content (AvgIpc) is 2.03. The van der Waals surface area contributed by atoms with Crippen LogP contribution in [0.4, 0.5) is 0 Å². The maximum Gasteiger partial charge on any atom is 0.332 e. The van der Waals surface area contributed by atoms with E-state index in [0.29, 0.717) is 12.0 Å². The Morgan fingerprint density at radius 2 is 1.92 bits per heavy atom. The van der Waals surface area contributed by atoms with Gasteiger partial charge in [-0.25, -0.2) is 4.79 Å². The standard InChI is InChI=1S/C5H8O2.C4H8O2/c1-4(2)5(6)7-3;1-2-3-4(5)6/h1H2,2-3H3;2-3H2,1H3,(H,5,6)/p-1. The topological polar surface area (TPSA) is 66.4 Å². The normalized spacial score (nSPS) is 7.92. The van der Waals surface area contributed by atoms with E-state index in [4.69, 9.17) is 0 Å². The fourth-order valence-electron chi connectivity index (χ4n) is 0.378. The van der Waals surface area contributed by atoms with Crippen LogP contribution in [0.15, 0.2) is 12.2 Å². The SMILES string of the molecule is C=C(C)C(=O)OC.CCCC(=O)[O-]. The molecular weight excluding hydrogens is 172 g/mol. The van der Waals surface area contributed by atoms with E-state index in [1.165, 1.54) is 7.11 Å². The minimum atomic E-state index is -0.961. The molecule has 0 aliphatic heterocycles. The zero-order chi connectivity index (χ0) is 10.9. The van der Waals surface area contributed by atoms with Crippen molar-refractivity contribution in [2.75, 3.05) is 7.11 Å². The lowest BCUT2D eigenvalue weighted by molar-refractivity contribution is -0.305. The molecular formula is C9H15O4-. The van der Waals surface area contributed by atoms with Crippen LogP contribution in [0.25, 0.3) is 0 Å². The third-order valence-corrected chi connectivity index (χ3v) is 0.988. The zero-order valence-corrected chi connectivity index (χ0v) is 8.25. The number of hydrogen-bond donors (Lipinski definition) is 0. The summed E-state index contributed by atoms with van der Waals surface area (Å²) in [6.45, 7) is 6.76. The van der Waals surface area contributed by atoms with Crippen molar-refractivity contribution in [1.29, 1.82) is 0 Å². The Morgan fingerprint density at radius 3 is 1.92 bits per heavy atom. The van der Waals surface area contributed by atoms with Gasteiger partial charge in [0, 0.05) is 11.5 Å². The first kappa shape index (κ1) is 14.2. The van der Waals surface area contributed by atoms with Gasteiger partial charge in [-0.1, -0.05) is 19.9 Å². The molecule has 0 aliphatic rings. The molecule has 0 unspecified atom stereocenters. The molecule has 0 aromatic rings. The highest BCUT2D eigenvalue weighted by atomic mass is 16.5. The molecule has 0 amide bonds. The second-order valence-corrected chi connectivity index (χ2v) is 2.39. The summed E-state index contributed by atoms with van der Waals surface area (Å²) in [4.78, 5) is 19.7. The van der Waals surface area contributed by atoms with Crippen molar-refractivity contribution < 1.29 is 19.4 Å². The number of ether oxygens (including phenoxy) is 1. The molecule has 0 aromatic carbocycles. The van der Waals surface area contributed by atoms with Crippen LogP contribution in [0.1, 0.15) is 26.7 Å². The first-order valence-corrected chi connectivity index (χ1v) is 3.89. The molecule has 0 heterocycles. The molecule has 0 saturated heterocycles. The Morgan fingerprint density at radius 1 is 1.46 bits per heavy atom. The fraction of sp³-hybridized carbons (Fsp3) is 0.556. The summed E-state index contributed by atoms with van der Waals surface area (Å²) in [6, 6.07) is 0. The Hall–Kier alpha value is -1.32. The number of methoxy groups -OCH3 is 1. The van der Waals surface area contributed by atoms with Crippen molar-refractivity contribution in [2.45, 2.75) is 26.7 Å². The molecule has 0 radical (unpaired) electrons. The van der Waals surface area contributed by atoms with Gasteiger partial charge < -0.3 is 14.6 Å². The summed E-state index contributed by atoms with van der Waals surface area (Å²) in [5, 5.41) is 9.49. The van der Waals surface area contributed by atoms with Gasteiger partial charge in [0.05, 0.1) is 7.11 Å². The smallest absolute Gasteiger partial charge is 0.332 e. The van der Waals surface area contributed by atoms with Crippen LogP contribution < -0.4 is 5.11 Å².